The Morgan fingerprint density at radius 3 is 2.73 bits per heavy atom. The van der Waals surface area contributed by atoms with Gasteiger partial charge < -0.3 is 5.32 Å². The monoisotopic (exact) mass is 388 g/mol. The van der Waals surface area contributed by atoms with E-state index >= 15 is 0 Å². The summed E-state index contributed by atoms with van der Waals surface area (Å²) >= 11 is 7.60. The molecule has 0 aliphatic rings. The van der Waals surface area contributed by atoms with Gasteiger partial charge in [-0.05, 0) is 25.5 Å². The summed E-state index contributed by atoms with van der Waals surface area (Å²) < 4.78 is 1.12. The molecule has 0 spiro atoms. The highest BCUT2D eigenvalue weighted by Crippen LogP contribution is 2.25. The number of carbonyl (C=O) groups is 1. The van der Waals surface area contributed by atoms with Crippen LogP contribution in [0, 0.1) is 6.92 Å². The summed E-state index contributed by atoms with van der Waals surface area (Å²) in [6.07, 6.45) is 0.805. The molecule has 3 aromatic rings. The minimum atomic E-state index is -0.361. The number of thiazole rings is 1. The SMILES string of the molecule is CCc1nc(NC(=O)Cn2nc(-c3ccccc3Cl)ccc2=O)sc1C. The van der Waals surface area contributed by atoms with Crippen LogP contribution >= 0.6 is 22.9 Å². The predicted octanol–water partition coefficient (Wildman–Crippen LogP) is 3.53. The lowest BCUT2D eigenvalue weighted by Crippen LogP contribution is -2.29. The Balaban J connectivity index is 1.80. The molecule has 3 rings (SSSR count). The van der Waals surface area contributed by atoms with Gasteiger partial charge in [-0.2, -0.15) is 5.10 Å². The maximum atomic E-state index is 12.3. The van der Waals surface area contributed by atoms with Crippen molar-refractivity contribution in [1.82, 2.24) is 14.8 Å². The first-order valence-corrected chi connectivity index (χ1v) is 9.26. The fourth-order valence-corrected chi connectivity index (χ4v) is 3.63. The van der Waals surface area contributed by atoms with E-state index < -0.39 is 0 Å². The van der Waals surface area contributed by atoms with Crippen LogP contribution < -0.4 is 10.9 Å². The first-order valence-electron chi connectivity index (χ1n) is 8.07. The third-order valence-corrected chi connectivity index (χ3v) is 5.04. The quantitative estimate of drug-likeness (QED) is 0.725. The van der Waals surface area contributed by atoms with Gasteiger partial charge in [0, 0.05) is 16.5 Å². The molecule has 2 aromatic heterocycles. The van der Waals surface area contributed by atoms with Gasteiger partial charge in [0.2, 0.25) is 5.91 Å². The van der Waals surface area contributed by atoms with Crippen molar-refractivity contribution in [2.24, 2.45) is 0 Å². The Hall–Kier alpha value is -2.51. The number of aromatic nitrogens is 3. The minimum absolute atomic E-state index is 0.197. The summed E-state index contributed by atoms with van der Waals surface area (Å²) in [7, 11) is 0. The first kappa shape index (κ1) is 18.3. The zero-order valence-corrected chi connectivity index (χ0v) is 15.9. The Labute approximate surface area is 159 Å². The number of carbonyl (C=O) groups excluding carboxylic acids is 1. The molecule has 0 aliphatic carbocycles. The fourth-order valence-electron chi connectivity index (χ4n) is 2.48. The van der Waals surface area contributed by atoms with E-state index in [-0.39, 0.29) is 18.0 Å². The number of amides is 1. The summed E-state index contributed by atoms with van der Waals surface area (Å²) in [5, 5.41) is 8.05. The first-order chi connectivity index (χ1) is 12.5. The van der Waals surface area contributed by atoms with Gasteiger partial charge in [0.1, 0.15) is 6.54 Å². The van der Waals surface area contributed by atoms with Gasteiger partial charge >= 0.3 is 0 Å². The largest absolute Gasteiger partial charge is 0.300 e. The highest BCUT2D eigenvalue weighted by molar-refractivity contribution is 7.15. The third-order valence-electron chi connectivity index (χ3n) is 3.78. The smallest absolute Gasteiger partial charge is 0.267 e. The van der Waals surface area contributed by atoms with Gasteiger partial charge in [-0.15, -0.1) is 11.3 Å². The number of anilines is 1. The van der Waals surface area contributed by atoms with Crippen molar-refractivity contribution in [3.8, 4) is 11.3 Å². The lowest BCUT2D eigenvalue weighted by molar-refractivity contribution is -0.117. The molecule has 26 heavy (non-hydrogen) atoms. The Bertz CT molecular complexity index is 1010. The number of halogens is 1. The molecule has 1 N–H and O–H groups in total. The highest BCUT2D eigenvalue weighted by atomic mass is 35.5. The molecular weight excluding hydrogens is 372 g/mol. The van der Waals surface area contributed by atoms with E-state index in [1.54, 1.807) is 12.1 Å². The third kappa shape index (κ3) is 4.00. The van der Waals surface area contributed by atoms with Crippen LogP contribution in [0.5, 0.6) is 0 Å². The highest BCUT2D eigenvalue weighted by Gasteiger charge is 2.12. The molecule has 0 atom stereocenters. The van der Waals surface area contributed by atoms with Crippen LogP contribution in [0.4, 0.5) is 5.13 Å². The number of hydrogen-bond acceptors (Lipinski definition) is 5. The minimum Gasteiger partial charge on any atom is -0.300 e. The van der Waals surface area contributed by atoms with Gasteiger partial charge in [-0.3, -0.25) is 9.59 Å². The molecule has 1 amide bonds. The number of hydrogen-bond donors (Lipinski definition) is 1. The van der Waals surface area contributed by atoms with Gasteiger partial charge in [-0.1, -0.05) is 36.7 Å². The fraction of sp³-hybridized carbons (Fsp3) is 0.222. The molecule has 0 unspecified atom stereocenters. The van der Waals surface area contributed by atoms with Crippen molar-refractivity contribution in [2.75, 3.05) is 5.32 Å². The molecule has 0 saturated heterocycles. The van der Waals surface area contributed by atoms with E-state index in [2.05, 4.69) is 15.4 Å². The zero-order valence-electron chi connectivity index (χ0n) is 14.3. The molecule has 6 nitrogen and oxygen atoms in total. The summed E-state index contributed by atoms with van der Waals surface area (Å²) in [4.78, 5) is 29.8. The van der Waals surface area contributed by atoms with Crippen molar-refractivity contribution >= 4 is 34.0 Å². The number of nitrogens with one attached hydrogen (secondary N) is 1. The Morgan fingerprint density at radius 2 is 2.04 bits per heavy atom. The second-order valence-corrected chi connectivity index (χ2v) is 7.23. The number of rotatable bonds is 5. The van der Waals surface area contributed by atoms with Crippen LogP contribution in [0.3, 0.4) is 0 Å². The molecule has 8 heteroatoms. The second kappa shape index (κ2) is 7.80. The summed E-state index contributed by atoms with van der Waals surface area (Å²) in [6.45, 7) is 3.78. The van der Waals surface area contributed by atoms with E-state index in [0.29, 0.717) is 21.4 Å². The van der Waals surface area contributed by atoms with Crippen molar-refractivity contribution in [1.29, 1.82) is 0 Å². The van der Waals surface area contributed by atoms with E-state index in [1.165, 1.54) is 17.4 Å². The summed E-state index contributed by atoms with van der Waals surface area (Å²) in [6, 6.07) is 10.2. The number of aryl methyl sites for hydroxylation is 2. The molecule has 0 saturated carbocycles. The van der Waals surface area contributed by atoms with E-state index in [1.807, 2.05) is 32.0 Å². The zero-order chi connectivity index (χ0) is 18.7. The lowest BCUT2D eigenvalue weighted by Gasteiger charge is -2.08. The molecule has 2 heterocycles. The van der Waals surface area contributed by atoms with E-state index in [4.69, 9.17) is 11.6 Å². The van der Waals surface area contributed by atoms with Crippen molar-refractivity contribution in [3.63, 3.8) is 0 Å². The van der Waals surface area contributed by atoms with Crippen LogP contribution in [-0.4, -0.2) is 20.7 Å². The molecular formula is C18H17ClN4O2S. The molecule has 0 bridgehead atoms. The van der Waals surface area contributed by atoms with Gasteiger partial charge in [0.05, 0.1) is 16.4 Å². The van der Waals surface area contributed by atoms with Gasteiger partial charge in [0.25, 0.3) is 5.56 Å². The number of nitrogens with zero attached hydrogens (tertiary/aromatic N) is 3. The predicted molar refractivity (Wildman–Crippen MR) is 104 cm³/mol. The Morgan fingerprint density at radius 1 is 1.27 bits per heavy atom. The summed E-state index contributed by atoms with van der Waals surface area (Å²) in [5.41, 5.74) is 1.83. The van der Waals surface area contributed by atoms with Gasteiger partial charge in [-0.25, -0.2) is 9.67 Å². The average molecular weight is 389 g/mol. The molecule has 0 aliphatic heterocycles. The van der Waals surface area contributed by atoms with E-state index in [0.717, 1.165) is 21.7 Å². The van der Waals surface area contributed by atoms with Gasteiger partial charge in [0.15, 0.2) is 5.13 Å². The normalized spacial score (nSPS) is 10.7. The average Bonchev–Trinajstić information content (AvgIpc) is 2.96. The Kier molecular flexibility index (Phi) is 5.49. The standard InChI is InChI=1S/C18H17ClN4O2S/c1-3-14-11(2)26-18(20-14)21-16(24)10-23-17(25)9-8-15(22-23)12-6-4-5-7-13(12)19/h4-9H,3,10H2,1-2H3,(H,20,21,24). The molecule has 134 valence electrons. The van der Waals surface area contributed by atoms with Crippen LogP contribution in [0.2, 0.25) is 5.02 Å². The molecule has 0 fully saturated rings. The van der Waals surface area contributed by atoms with Crippen LogP contribution in [-0.2, 0) is 17.8 Å². The van der Waals surface area contributed by atoms with E-state index in [9.17, 15) is 9.59 Å². The topological polar surface area (TPSA) is 76.9 Å². The van der Waals surface area contributed by atoms with Crippen molar-refractivity contribution in [2.45, 2.75) is 26.8 Å². The lowest BCUT2D eigenvalue weighted by atomic mass is 10.1. The summed E-state index contributed by atoms with van der Waals surface area (Å²) in [5.74, 6) is -0.354. The maximum absolute atomic E-state index is 12.3. The van der Waals surface area contributed by atoms with Crippen LogP contribution in [0.25, 0.3) is 11.3 Å². The van der Waals surface area contributed by atoms with Crippen LogP contribution in [0.15, 0.2) is 41.2 Å². The second-order valence-electron chi connectivity index (χ2n) is 5.62. The van der Waals surface area contributed by atoms with Crippen molar-refractivity contribution in [3.05, 3.63) is 62.3 Å². The molecule has 0 radical (unpaired) electrons. The number of benzene rings is 1. The molecule has 1 aromatic carbocycles. The maximum Gasteiger partial charge on any atom is 0.267 e. The van der Waals surface area contributed by atoms with Crippen LogP contribution in [0.1, 0.15) is 17.5 Å². The van der Waals surface area contributed by atoms with Crippen molar-refractivity contribution < 1.29 is 4.79 Å².